The fourth-order valence-electron chi connectivity index (χ4n) is 6.67. The largest absolute Gasteiger partial charge is 0.170 e. The fourth-order valence-corrected chi connectivity index (χ4v) is 12.2. The molecule has 0 aromatic heterocycles. The molecule has 0 saturated heterocycles. The first-order chi connectivity index (χ1) is 19.9. The van der Waals surface area contributed by atoms with Crippen molar-refractivity contribution in [3.63, 3.8) is 0 Å². The highest BCUT2D eigenvalue weighted by Gasteiger charge is 2.76. The lowest BCUT2D eigenvalue weighted by molar-refractivity contribution is 1.13. The molecule has 0 bridgehead atoms. The van der Waals surface area contributed by atoms with Crippen molar-refractivity contribution < 1.29 is 0 Å². The molecule has 0 amide bonds. The third kappa shape index (κ3) is 3.64. The minimum atomic E-state index is -2.38. The molecular weight excluding hydrogens is 499 g/mol. The molecule has 0 saturated carbocycles. The monoisotopic (exact) mass is 529 g/mol. The Bertz CT molecular complexity index is 1600. The Morgan fingerprint density at radius 1 is 0.300 bits per heavy atom. The van der Waals surface area contributed by atoms with Gasteiger partial charge < -0.3 is 0 Å². The van der Waals surface area contributed by atoms with Crippen molar-refractivity contribution in [1.82, 2.24) is 0 Å². The number of hydrogen-bond donors (Lipinski definition) is 0. The lowest BCUT2D eigenvalue weighted by atomic mass is 10.00. The van der Waals surface area contributed by atoms with Gasteiger partial charge in [-0.15, -0.1) is 0 Å². The van der Waals surface area contributed by atoms with Crippen LogP contribution in [0.5, 0.6) is 0 Å². The highest BCUT2D eigenvalue weighted by atomic mass is 31.2. The van der Waals surface area contributed by atoms with Crippen LogP contribution in [-0.2, 0) is 5.16 Å². The van der Waals surface area contributed by atoms with Gasteiger partial charge in [-0.3, -0.25) is 0 Å². The van der Waals surface area contributed by atoms with Gasteiger partial charge in [-0.2, -0.15) is 0 Å². The molecule has 0 atom stereocenters. The standard InChI is InChI=1S/C39H30P/c1-7-19-31(20-8-1)37-38(32-21-9-2-10-22-32)39(37,33-23-11-3-12-24-33)40(34-25-13-4-14-26-34,35-27-15-5-16-28-35)36-29-17-6-18-30-36/h1-30H/q+1. The number of hydrogen-bond acceptors (Lipinski definition) is 0. The maximum Gasteiger partial charge on any atom is 0.170 e. The van der Waals surface area contributed by atoms with Gasteiger partial charge in [-0.1, -0.05) is 146 Å². The van der Waals surface area contributed by atoms with E-state index in [0.29, 0.717) is 0 Å². The highest BCUT2D eigenvalue weighted by molar-refractivity contribution is 7.97. The van der Waals surface area contributed by atoms with Crippen LogP contribution in [0.15, 0.2) is 182 Å². The summed E-state index contributed by atoms with van der Waals surface area (Å²) in [6.07, 6.45) is 0. The first-order valence-electron chi connectivity index (χ1n) is 13.9. The molecule has 1 aliphatic rings. The Morgan fingerprint density at radius 3 is 0.900 bits per heavy atom. The van der Waals surface area contributed by atoms with E-state index in [2.05, 4.69) is 182 Å². The van der Waals surface area contributed by atoms with Gasteiger partial charge in [0.25, 0.3) is 0 Å². The molecule has 6 aromatic carbocycles. The van der Waals surface area contributed by atoms with Crippen LogP contribution >= 0.6 is 7.26 Å². The van der Waals surface area contributed by atoms with E-state index in [0.717, 1.165) is 0 Å². The predicted octanol–water partition coefficient (Wildman–Crippen LogP) is 8.50. The van der Waals surface area contributed by atoms with Crippen molar-refractivity contribution >= 4 is 34.3 Å². The second kappa shape index (κ2) is 10.2. The van der Waals surface area contributed by atoms with Crippen LogP contribution in [0.25, 0.3) is 11.1 Å². The molecule has 190 valence electrons. The molecule has 0 aliphatic heterocycles. The molecule has 7 rings (SSSR count). The van der Waals surface area contributed by atoms with Crippen LogP contribution in [0.3, 0.4) is 0 Å². The Morgan fingerprint density at radius 2 is 0.575 bits per heavy atom. The summed E-state index contributed by atoms with van der Waals surface area (Å²) in [6.45, 7) is 0. The Balaban J connectivity index is 1.70. The molecule has 0 heterocycles. The van der Waals surface area contributed by atoms with E-state index in [4.69, 9.17) is 0 Å². The Hall–Kier alpha value is -4.51. The Labute approximate surface area is 237 Å². The lowest BCUT2D eigenvalue weighted by Gasteiger charge is -2.38. The van der Waals surface area contributed by atoms with E-state index in [-0.39, 0.29) is 5.16 Å². The van der Waals surface area contributed by atoms with Crippen LogP contribution in [0, 0.1) is 0 Å². The van der Waals surface area contributed by atoms with Crippen molar-refractivity contribution in [1.29, 1.82) is 0 Å². The summed E-state index contributed by atoms with van der Waals surface area (Å²) in [5, 5.41) is 3.81. The van der Waals surface area contributed by atoms with Gasteiger partial charge in [0, 0.05) is 16.7 Å². The molecule has 1 aliphatic carbocycles. The third-order valence-corrected chi connectivity index (χ3v) is 13.1. The van der Waals surface area contributed by atoms with Crippen molar-refractivity contribution in [3.8, 4) is 0 Å². The molecule has 1 heteroatoms. The minimum absolute atomic E-state index is 0.346. The fraction of sp³-hybridized carbons (Fsp3) is 0.0256. The molecular formula is C39H30P+. The maximum atomic E-state index is 2.36. The zero-order chi connectivity index (χ0) is 26.8. The Kier molecular flexibility index (Phi) is 6.27. The van der Waals surface area contributed by atoms with Gasteiger partial charge in [0.1, 0.15) is 23.2 Å². The van der Waals surface area contributed by atoms with Gasteiger partial charge >= 0.3 is 0 Å². The van der Waals surface area contributed by atoms with Crippen LogP contribution < -0.4 is 15.9 Å². The zero-order valence-electron chi connectivity index (χ0n) is 22.3. The molecule has 6 aromatic rings. The van der Waals surface area contributed by atoms with Crippen molar-refractivity contribution in [2.24, 2.45) is 0 Å². The molecule has 0 nitrogen and oxygen atoms in total. The first kappa shape index (κ1) is 24.5. The smallest absolute Gasteiger partial charge is 0.0622 e. The average molecular weight is 530 g/mol. The average Bonchev–Trinajstić information content (AvgIpc) is 3.75. The molecule has 0 unspecified atom stereocenters. The van der Waals surface area contributed by atoms with E-state index < -0.39 is 7.26 Å². The van der Waals surface area contributed by atoms with Crippen LogP contribution in [-0.4, -0.2) is 0 Å². The zero-order valence-corrected chi connectivity index (χ0v) is 23.2. The summed E-state index contributed by atoms with van der Waals surface area (Å²) in [5.41, 5.74) is 6.78. The predicted molar refractivity (Wildman–Crippen MR) is 173 cm³/mol. The van der Waals surface area contributed by atoms with E-state index in [9.17, 15) is 0 Å². The second-order valence-electron chi connectivity index (χ2n) is 10.2. The number of benzene rings is 6. The van der Waals surface area contributed by atoms with Crippen molar-refractivity contribution in [2.75, 3.05) is 0 Å². The second-order valence-corrected chi connectivity index (χ2v) is 13.8. The summed E-state index contributed by atoms with van der Waals surface area (Å²) in [7, 11) is -2.38. The normalized spacial score (nSPS) is 14.1. The quantitative estimate of drug-likeness (QED) is 0.182. The van der Waals surface area contributed by atoms with Crippen molar-refractivity contribution in [3.05, 3.63) is 199 Å². The van der Waals surface area contributed by atoms with E-state index >= 15 is 0 Å². The lowest BCUT2D eigenvalue weighted by Crippen LogP contribution is -2.41. The minimum Gasteiger partial charge on any atom is -0.0622 e. The van der Waals surface area contributed by atoms with Gasteiger partial charge in [-0.25, -0.2) is 0 Å². The van der Waals surface area contributed by atoms with Crippen molar-refractivity contribution in [2.45, 2.75) is 5.16 Å². The number of rotatable bonds is 7. The number of allylic oxidation sites excluding steroid dienone is 2. The van der Waals surface area contributed by atoms with Gasteiger partial charge in [-0.05, 0) is 47.5 Å². The molecule has 0 spiro atoms. The first-order valence-corrected chi connectivity index (χ1v) is 15.6. The molecule has 0 fully saturated rings. The van der Waals surface area contributed by atoms with E-state index in [1.165, 1.54) is 43.8 Å². The summed E-state index contributed by atoms with van der Waals surface area (Å²) in [4.78, 5) is 0. The molecule has 0 N–H and O–H groups in total. The SMILES string of the molecule is c1ccc(C2=C(c3ccccc3)C2(c2ccccc2)[P+](c2ccccc2)(c2ccccc2)c2ccccc2)cc1. The van der Waals surface area contributed by atoms with Crippen LogP contribution in [0.1, 0.15) is 16.7 Å². The maximum absolute atomic E-state index is 2.38. The van der Waals surface area contributed by atoms with Gasteiger partial charge in [0.05, 0.1) is 0 Å². The summed E-state index contributed by atoms with van der Waals surface area (Å²) < 4.78 is 0. The van der Waals surface area contributed by atoms with E-state index in [1.54, 1.807) is 0 Å². The summed E-state index contributed by atoms with van der Waals surface area (Å²) in [6, 6.07) is 67.2. The summed E-state index contributed by atoms with van der Waals surface area (Å²) in [5.74, 6) is 0. The van der Waals surface area contributed by atoms with Gasteiger partial charge in [0.2, 0.25) is 0 Å². The van der Waals surface area contributed by atoms with Crippen LogP contribution in [0.4, 0.5) is 0 Å². The summed E-state index contributed by atoms with van der Waals surface area (Å²) >= 11 is 0. The molecule has 40 heavy (non-hydrogen) atoms. The van der Waals surface area contributed by atoms with Gasteiger partial charge in [0.15, 0.2) is 5.16 Å². The topological polar surface area (TPSA) is 0 Å². The van der Waals surface area contributed by atoms with Crippen LogP contribution in [0.2, 0.25) is 0 Å². The molecule has 0 radical (unpaired) electrons. The van der Waals surface area contributed by atoms with E-state index in [1.807, 2.05) is 0 Å². The third-order valence-electron chi connectivity index (χ3n) is 8.16. The highest BCUT2D eigenvalue weighted by Crippen LogP contribution is 2.86.